The summed E-state index contributed by atoms with van der Waals surface area (Å²) in [5, 5.41) is 0. The van der Waals surface area contributed by atoms with Crippen LogP contribution in [-0.4, -0.2) is 24.4 Å². The highest BCUT2D eigenvalue weighted by atomic mass is 31.1. The van der Waals surface area contributed by atoms with Gasteiger partial charge in [-0.25, -0.2) is 9.05 Å². The number of hydrogen-bond donors (Lipinski definition) is 0. The molecule has 4 aliphatic rings. The molecule has 0 amide bonds. The van der Waals surface area contributed by atoms with Crippen molar-refractivity contribution >= 4 is 8.25 Å². The lowest BCUT2D eigenvalue weighted by molar-refractivity contribution is 0.361. The molecule has 7 nitrogen and oxygen atoms in total. The Labute approximate surface area is 187 Å². The van der Waals surface area contributed by atoms with Gasteiger partial charge in [0.25, 0.3) is 0 Å². The first-order chi connectivity index (χ1) is 15.4. The van der Waals surface area contributed by atoms with Gasteiger partial charge in [-0.15, -0.1) is 0 Å². The zero-order valence-corrected chi connectivity index (χ0v) is 19.3. The van der Waals surface area contributed by atoms with E-state index in [1.165, 1.54) is 0 Å². The maximum Gasteiger partial charge on any atom is 0.805 e. The van der Waals surface area contributed by atoms with E-state index in [1.54, 1.807) is 12.1 Å². The number of epoxide rings is 4. The standard InChI is InChI=1S/C24H26O7P/c1-11-21(26-11)15-7-5-9-17(19(15)23-13(3)28-23)30-32(25)31-18-10-6-8-16(22-12(2)27-22)20(18)24-14(4)29-24/h5-14,21-24H,1-4H3/q+1. The fourth-order valence-electron chi connectivity index (χ4n) is 4.57. The number of rotatable bonds is 8. The molecular weight excluding hydrogens is 431 g/mol. The monoisotopic (exact) mass is 457 g/mol. The highest BCUT2D eigenvalue weighted by molar-refractivity contribution is 7.34. The van der Waals surface area contributed by atoms with Gasteiger partial charge in [0.2, 0.25) is 0 Å². The van der Waals surface area contributed by atoms with Crippen molar-refractivity contribution in [2.24, 2.45) is 0 Å². The average molecular weight is 457 g/mol. The molecule has 4 fully saturated rings. The molecule has 4 aliphatic heterocycles. The highest BCUT2D eigenvalue weighted by Gasteiger charge is 2.48. The van der Waals surface area contributed by atoms with Gasteiger partial charge in [-0.3, -0.25) is 0 Å². The van der Waals surface area contributed by atoms with Crippen molar-refractivity contribution in [2.45, 2.75) is 76.5 Å². The summed E-state index contributed by atoms with van der Waals surface area (Å²) in [6.45, 7) is 8.08. The van der Waals surface area contributed by atoms with E-state index in [0.29, 0.717) is 11.5 Å². The summed E-state index contributed by atoms with van der Waals surface area (Å²) in [6.07, 6.45) is 0.333. The second-order valence-electron chi connectivity index (χ2n) is 8.97. The second-order valence-corrected chi connectivity index (χ2v) is 9.78. The lowest BCUT2D eigenvalue weighted by Gasteiger charge is -2.09. The zero-order valence-electron chi connectivity index (χ0n) is 18.4. The van der Waals surface area contributed by atoms with Crippen LogP contribution in [0.15, 0.2) is 36.4 Å². The van der Waals surface area contributed by atoms with E-state index in [9.17, 15) is 4.57 Å². The molecular formula is C24H26O7P+. The van der Waals surface area contributed by atoms with Crippen molar-refractivity contribution in [1.29, 1.82) is 0 Å². The molecule has 168 valence electrons. The summed E-state index contributed by atoms with van der Waals surface area (Å²) in [7, 11) is -2.48. The van der Waals surface area contributed by atoms with Crippen LogP contribution in [-0.2, 0) is 23.5 Å². The van der Waals surface area contributed by atoms with Crippen LogP contribution in [0, 0.1) is 0 Å². The van der Waals surface area contributed by atoms with Crippen molar-refractivity contribution in [3.8, 4) is 11.5 Å². The molecule has 0 spiro atoms. The van der Waals surface area contributed by atoms with E-state index in [1.807, 2.05) is 52.0 Å². The first kappa shape index (κ1) is 20.6. The van der Waals surface area contributed by atoms with Crippen LogP contribution in [0.1, 0.15) is 74.4 Å². The molecule has 8 atom stereocenters. The first-order valence-electron chi connectivity index (χ1n) is 11.1. The predicted octanol–water partition coefficient (Wildman–Crippen LogP) is 5.64. The molecule has 2 aromatic carbocycles. The maximum atomic E-state index is 13.0. The van der Waals surface area contributed by atoms with Gasteiger partial charge in [-0.05, 0) is 51.0 Å². The molecule has 8 unspecified atom stereocenters. The minimum Gasteiger partial charge on any atom is -0.365 e. The average Bonchev–Trinajstić information content (AvgIpc) is 3.56. The summed E-state index contributed by atoms with van der Waals surface area (Å²) in [6, 6.07) is 11.4. The summed E-state index contributed by atoms with van der Waals surface area (Å²) >= 11 is 0. The van der Waals surface area contributed by atoms with E-state index in [-0.39, 0.29) is 48.8 Å². The number of hydrogen-bond acceptors (Lipinski definition) is 7. The minimum absolute atomic E-state index is 0.0149. The molecule has 4 heterocycles. The molecule has 8 heteroatoms. The molecule has 4 saturated heterocycles. The van der Waals surface area contributed by atoms with Crippen molar-refractivity contribution < 1.29 is 32.6 Å². The second kappa shape index (κ2) is 7.51. The van der Waals surface area contributed by atoms with Crippen LogP contribution in [0.4, 0.5) is 0 Å². The maximum absolute atomic E-state index is 13.0. The summed E-state index contributed by atoms with van der Waals surface area (Å²) < 4.78 is 47.5. The third-order valence-corrected chi connectivity index (χ3v) is 7.26. The molecule has 0 aromatic heterocycles. The molecule has 0 saturated carbocycles. The van der Waals surface area contributed by atoms with E-state index >= 15 is 0 Å². The molecule has 0 N–H and O–H groups in total. The van der Waals surface area contributed by atoms with Gasteiger partial charge in [0.05, 0.1) is 24.4 Å². The molecule has 0 bridgehead atoms. The van der Waals surface area contributed by atoms with E-state index in [4.69, 9.17) is 28.0 Å². The fourth-order valence-corrected chi connectivity index (χ4v) is 5.24. The van der Waals surface area contributed by atoms with Gasteiger partial charge in [-0.1, -0.05) is 24.3 Å². The third-order valence-electron chi connectivity index (χ3n) is 6.57. The van der Waals surface area contributed by atoms with Crippen LogP contribution in [0.2, 0.25) is 0 Å². The van der Waals surface area contributed by atoms with Crippen LogP contribution >= 0.6 is 8.25 Å². The van der Waals surface area contributed by atoms with Gasteiger partial charge >= 0.3 is 8.25 Å². The quantitative estimate of drug-likeness (QED) is 0.374. The van der Waals surface area contributed by atoms with E-state index < -0.39 is 8.25 Å². The molecule has 32 heavy (non-hydrogen) atoms. The SMILES string of the molecule is CC1OC1c1cccc(O[P+](=O)Oc2cccc(C3OC3C)c2C2OC2C)c1C1OC1C. The fraction of sp³-hybridized carbons (Fsp3) is 0.500. The largest absolute Gasteiger partial charge is 0.805 e. The van der Waals surface area contributed by atoms with Crippen molar-refractivity contribution in [3.63, 3.8) is 0 Å². The Balaban J connectivity index is 1.27. The van der Waals surface area contributed by atoms with Crippen LogP contribution < -0.4 is 9.05 Å². The van der Waals surface area contributed by atoms with Gasteiger partial charge in [-0.2, -0.15) is 0 Å². The number of ether oxygens (including phenoxy) is 4. The Morgan fingerprint density at radius 1 is 0.625 bits per heavy atom. The smallest absolute Gasteiger partial charge is 0.365 e. The van der Waals surface area contributed by atoms with E-state index in [0.717, 1.165) is 22.3 Å². The Morgan fingerprint density at radius 2 is 0.969 bits per heavy atom. The van der Waals surface area contributed by atoms with Crippen LogP contribution in [0.5, 0.6) is 11.5 Å². The summed E-state index contributed by atoms with van der Waals surface area (Å²) in [5.74, 6) is 1.02. The van der Waals surface area contributed by atoms with Gasteiger partial charge < -0.3 is 18.9 Å². The Kier molecular flexibility index (Phi) is 4.83. The summed E-state index contributed by atoms with van der Waals surface area (Å²) in [4.78, 5) is 0. The highest BCUT2D eigenvalue weighted by Crippen LogP contribution is 2.53. The first-order valence-corrected chi connectivity index (χ1v) is 12.2. The van der Waals surface area contributed by atoms with Crippen LogP contribution in [0.25, 0.3) is 0 Å². The topological polar surface area (TPSA) is 85.7 Å². The summed E-state index contributed by atoms with van der Waals surface area (Å²) in [5.41, 5.74) is 3.84. The van der Waals surface area contributed by atoms with Gasteiger partial charge in [0, 0.05) is 15.7 Å². The normalized spacial score (nSPS) is 36.9. The van der Waals surface area contributed by atoms with Gasteiger partial charge in [0.1, 0.15) is 24.4 Å². The van der Waals surface area contributed by atoms with Crippen molar-refractivity contribution in [1.82, 2.24) is 0 Å². The molecule has 0 radical (unpaired) electrons. The minimum atomic E-state index is -2.48. The molecule has 6 rings (SSSR count). The zero-order chi connectivity index (χ0) is 22.1. The predicted molar refractivity (Wildman–Crippen MR) is 115 cm³/mol. The Hall–Kier alpha value is -2.02. The third kappa shape index (κ3) is 3.72. The van der Waals surface area contributed by atoms with Crippen molar-refractivity contribution in [3.05, 3.63) is 58.7 Å². The lowest BCUT2D eigenvalue weighted by Crippen LogP contribution is -2.01. The van der Waals surface area contributed by atoms with Crippen molar-refractivity contribution in [2.75, 3.05) is 0 Å². The lowest BCUT2D eigenvalue weighted by atomic mass is 9.98. The number of benzene rings is 2. The van der Waals surface area contributed by atoms with Gasteiger partial charge in [0.15, 0.2) is 11.5 Å². The molecule has 2 aromatic rings. The molecule has 0 aliphatic carbocycles. The Morgan fingerprint density at radius 3 is 1.28 bits per heavy atom. The van der Waals surface area contributed by atoms with Crippen LogP contribution in [0.3, 0.4) is 0 Å². The van der Waals surface area contributed by atoms with E-state index in [2.05, 4.69) is 0 Å². The Bertz CT molecular complexity index is 1000.